The molecule has 7 nitrogen and oxygen atoms in total. The highest BCUT2D eigenvalue weighted by atomic mass is 35.5. The van der Waals surface area contributed by atoms with Gasteiger partial charge in [-0.05, 0) is 18.2 Å². The smallest absolute Gasteiger partial charge is 0.407 e. The molecule has 1 fully saturated rings. The van der Waals surface area contributed by atoms with Crippen molar-refractivity contribution in [2.24, 2.45) is 0 Å². The van der Waals surface area contributed by atoms with Gasteiger partial charge in [0.2, 0.25) is 0 Å². The summed E-state index contributed by atoms with van der Waals surface area (Å²) in [5.41, 5.74) is 1.67. The summed E-state index contributed by atoms with van der Waals surface area (Å²) in [4.78, 5) is 31.4. The van der Waals surface area contributed by atoms with E-state index in [4.69, 9.17) is 28.3 Å². The van der Waals surface area contributed by atoms with Gasteiger partial charge in [0.1, 0.15) is 5.15 Å². The first-order valence-electron chi connectivity index (χ1n) is 8.66. The molecule has 2 amide bonds. The van der Waals surface area contributed by atoms with E-state index in [9.17, 15) is 9.59 Å². The minimum absolute atomic E-state index is 0.248. The number of hydrogen-bond donors (Lipinski definition) is 1. The van der Waals surface area contributed by atoms with Gasteiger partial charge in [0.05, 0.1) is 11.1 Å². The molecule has 4 rings (SSSR count). The average Bonchev–Trinajstić information content (AvgIpc) is 3.01. The first-order valence-corrected chi connectivity index (χ1v) is 9.41. The van der Waals surface area contributed by atoms with Gasteiger partial charge >= 0.3 is 6.09 Å². The normalized spacial score (nSPS) is 14.5. The van der Waals surface area contributed by atoms with Gasteiger partial charge in [-0.2, -0.15) is 0 Å². The van der Waals surface area contributed by atoms with Crippen LogP contribution in [0.2, 0.25) is 10.3 Å². The van der Waals surface area contributed by atoms with Crippen molar-refractivity contribution < 1.29 is 14.7 Å². The lowest BCUT2D eigenvalue weighted by atomic mass is 10.1. The highest BCUT2D eigenvalue weighted by Crippen LogP contribution is 2.36. The van der Waals surface area contributed by atoms with Gasteiger partial charge < -0.3 is 14.9 Å². The molecule has 0 bridgehead atoms. The quantitative estimate of drug-likeness (QED) is 0.642. The van der Waals surface area contributed by atoms with Crippen LogP contribution in [0.3, 0.4) is 0 Å². The maximum absolute atomic E-state index is 13.3. The SMILES string of the molecule is O=C(O)N1CCN(C(=O)c2c(Cl)n(-c3ccccc3)c3c(Cl)nccc23)CC1. The van der Waals surface area contributed by atoms with Crippen molar-refractivity contribution in [1.82, 2.24) is 19.4 Å². The Balaban J connectivity index is 1.80. The molecular formula is C19H16Cl2N4O3. The number of halogens is 2. The Morgan fingerprint density at radius 1 is 0.964 bits per heavy atom. The predicted octanol–water partition coefficient (Wildman–Crippen LogP) is 3.77. The Labute approximate surface area is 170 Å². The summed E-state index contributed by atoms with van der Waals surface area (Å²) in [5.74, 6) is -0.253. The molecule has 3 heterocycles. The van der Waals surface area contributed by atoms with Crippen LogP contribution in [0.4, 0.5) is 4.79 Å². The average molecular weight is 419 g/mol. The number of para-hydroxylation sites is 1. The fraction of sp³-hybridized carbons (Fsp3) is 0.211. The lowest BCUT2D eigenvalue weighted by Crippen LogP contribution is -2.50. The number of aromatic nitrogens is 2. The molecular weight excluding hydrogens is 403 g/mol. The molecule has 144 valence electrons. The molecule has 0 aliphatic carbocycles. The maximum atomic E-state index is 13.3. The third-order valence-electron chi connectivity index (χ3n) is 4.84. The standard InChI is InChI=1S/C19H16Cl2N4O3/c20-16-15-13(6-7-22-16)14(17(21)25(15)12-4-2-1-3-5-12)18(26)23-8-10-24(11-9-23)19(27)28/h1-7H,8-11H2,(H,27,28). The number of fused-ring (bicyclic) bond motifs is 1. The third-order valence-corrected chi connectivity index (χ3v) is 5.48. The van der Waals surface area contributed by atoms with E-state index in [-0.39, 0.29) is 29.3 Å². The van der Waals surface area contributed by atoms with Gasteiger partial charge in [0.25, 0.3) is 5.91 Å². The molecule has 2 aromatic heterocycles. The molecule has 0 unspecified atom stereocenters. The van der Waals surface area contributed by atoms with E-state index in [1.54, 1.807) is 15.5 Å². The minimum Gasteiger partial charge on any atom is -0.465 e. The van der Waals surface area contributed by atoms with Crippen molar-refractivity contribution in [2.75, 3.05) is 26.2 Å². The number of benzene rings is 1. The summed E-state index contributed by atoms with van der Waals surface area (Å²) in [6.07, 6.45) is 0.554. The highest BCUT2D eigenvalue weighted by molar-refractivity contribution is 6.39. The van der Waals surface area contributed by atoms with E-state index in [1.807, 2.05) is 30.3 Å². The molecule has 0 spiro atoms. The number of nitrogens with zero attached hydrogens (tertiary/aromatic N) is 4. The van der Waals surface area contributed by atoms with Crippen molar-refractivity contribution in [2.45, 2.75) is 0 Å². The first-order chi connectivity index (χ1) is 13.5. The molecule has 1 N–H and O–H groups in total. The molecule has 1 aromatic carbocycles. The van der Waals surface area contributed by atoms with E-state index in [1.165, 1.54) is 11.1 Å². The van der Waals surface area contributed by atoms with E-state index in [0.717, 1.165) is 5.69 Å². The largest absolute Gasteiger partial charge is 0.465 e. The van der Waals surface area contributed by atoms with E-state index in [0.29, 0.717) is 29.6 Å². The molecule has 1 aliphatic rings. The predicted molar refractivity (Wildman–Crippen MR) is 107 cm³/mol. The monoisotopic (exact) mass is 418 g/mol. The fourth-order valence-corrected chi connectivity index (χ4v) is 4.05. The van der Waals surface area contributed by atoms with Crippen LogP contribution in [0.25, 0.3) is 16.6 Å². The zero-order chi connectivity index (χ0) is 19.8. The molecule has 1 aliphatic heterocycles. The van der Waals surface area contributed by atoms with Crippen LogP contribution in [0.15, 0.2) is 42.6 Å². The molecule has 0 saturated carbocycles. The molecule has 1 saturated heterocycles. The van der Waals surface area contributed by atoms with Crippen molar-refractivity contribution in [3.05, 3.63) is 58.5 Å². The zero-order valence-electron chi connectivity index (χ0n) is 14.7. The highest BCUT2D eigenvalue weighted by Gasteiger charge is 2.30. The maximum Gasteiger partial charge on any atom is 0.407 e. The van der Waals surface area contributed by atoms with Crippen molar-refractivity contribution in [1.29, 1.82) is 0 Å². The van der Waals surface area contributed by atoms with Crippen LogP contribution in [0.1, 0.15) is 10.4 Å². The number of carbonyl (C=O) groups is 2. The van der Waals surface area contributed by atoms with Gasteiger partial charge in [-0.15, -0.1) is 0 Å². The van der Waals surface area contributed by atoms with E-state index < -0.39 is 6.09 Å². The van der Waals surface area contributed by atoms with Crippen LogP contribution in [0, 0.1) is 0 Å². The van der Waals surface area contributed by atoms with Crippen LogP contribution >= 0.6 is 23.2 Å². The summed E-state index contributed by atoms with van der Waals surface area (Å²) >= 11 is 13.0. The zero-order valence-corrected chi connectivity index (χ0v) is 16.2. The Morgan fingerprint density at radius 3 is 2.25 bits per heavy atom. The van der Waals surface area contributed by atoms with Gasteiger partial charge in [-0.25, -0.2) is 9.78 Å². The van der Waals surface area contributed by atoms with Crippen LogP contribution in [-0.2, 0) is 0 Å². The number of carbonyl (C=O) groups excluding carboxylic acids is 1. The van der Waals surface area contributed by atoms with Gasteiger partial charge in [0.15, 0.2) is 5.15 Å². The number of carboxylic acid groups (broad SMARTS) is 1. The Hall–Kier alpha value is -2.77. The number of amides is 2. The Bertz CT molecular complexity index is 1060. The number of rotatable bonds is 2. The lowest BCUT2D eigenvalue weighted by Gasteiger charge is -2.33. The molecule has 3 aromatic rings. The number of pyridine rings is 1. The summed E-state index contributed by atoms with van der Waals surface area (Å²) in [6, 6.07) is 11.1. The topological polar surface area (TPSA) is 78.7 Å². The summed E-state index contributed by atoms with van der Waals surface area (Å²) in [6.45, 7) is 1.13. The van der Waals surface area contributed by atoms with E-state index >= 15 is 0 Å². The Morgan fingerprint density at radius 2 is 1.61 bits per heavy atom. The molecule has 9 heteroatoms. The summed E-state index contributed by atoms with van der Waals surface area (Å²) in [7, 11) is 0. The van der Waals surface area contributed by atoms with Gasteiger partial charge in [-0.1, -0.05) is 41.4 Å². The third kappa shape index (κ3) is 3.06. The lowest BCUT2D eigenvalue weighted by molar-refractivity contribution is 0.0626. The molecule has 0 atom stereocenters. The first kappa shape index (κ1) is 18.6. The summed E-state index contributed by atoms with van der Waals surface area (Å²) < 4.78 is 1.72. The van der Waals surface area contributed by atoms with Gasteiger partial charge in [-0.3, -0.25) is 9.36 Å². The van der Waals surface area contributed by atoms with Crippen LogP contribution in [0.5, 0.6) is 0 Å². The van der Waals surface area contributed by atoms with Crippen molar-refractivity contribution in [3.8, 4) is 5.69 Å². The summed E-state index contributed by atoms with van der Waals surface area (Å²) in [5, 5.41) is 10.2. The Kier molecular flexibility index (Phi) is 4.87. The fourth-order valence-electron chi connectivity index (χ4n) is 3.45. The van der Waals surface area contributed by atoms with E-state index in [2.05, 4.69) is 4.98 Å². The second-order valence-corrected chi connectivity index (χ2v) is 7.11. The second kappa shape index (κ2) is 7.33. The number of hydrogen-bond acceptors (Lipinski definition) is 3. The van der Waals surface area contributed by atoms with Gasteiger partial charge in [0, 0.05) is 43.4 Å². The van der Waals surface area contributed by atoms with Crippen LogP contribution < -0.4 is 0 Å². The molecule has 28 heavy (non-hydrogen) atoms. The van der Waals surface area contributed by atoms with Crippen molar-refractivity contribution in [3.63, 3.8) is 0 Å². The van der Waals surface area contributed by atoms with Crippen molar-refractivity contribution >= 4 is 46.1 Å². The molecule has 0 radical (unpaired) electrons. The van der Waals surface area contributed by atoms with Crippen LogP contribution in [-0.4, -0.2) is 62.6 Å². The minimum atomic E-state index is -0.983. The number of piperazine rings is 1. The second-order valence-electron chi connectivity index (χ2n) is 6.40.